The van der Waals surface area contributed by atoms with Gasteiger partial charge in [-0.15, -0.1) is 0 Å². The van der Waals surface area contributed by atoms with Gasteiger partial charge in [0.2, 0.25) is 0 Å². The molecule has 0 aromatic heterocycles. The van der Waals surface area contributed by atoms with Crippen LogP contribution in [-0.4, -0.2) is 11.6 Å². The maximum absolute atomic E-state index is 13.4. The zero-order chi connectivity index (χ0) is 21.6. The third-order valence-corrected chi connectivity index (χ3v) is 5.57. The van der Waals surface area contributed by atoms with E-state index in [2.05, 4.69) is 0 Å². The van der Waals surface area contributed by atoms with Crippen molar-refractivity contribution in [1.29, 1.82) is 0 Å². The number of ketones is 2. The van der Waals surface area contributed by atoms with Crippen molar-refractivity contribution in [2.45, 2.75) is 6.42 Å². The molecule has 0 saturated carbocycles. The van der Waals surface area contributed by atoms with Crippen LogP contribution >= 0.6 is 11.6 Å². The Labute approximate surface area is 187 Å². The van der Waals surface area contributed by atoms with Crippen LogP contribution in [0.2, 0.25) is 5.02 Å². The standard InChI is InChI=1S/C28H21ClO2/c29-24-17-16-23(25(19-24)20-10-4-1-5-11-20)18-26(27(30)21-12-6-2-7-13-21)28(31)22-14-8-3-9-15-22/h1-17,19,26H,18H2. The summed E-state index contributed by atoms with van der Waals surface area (Å²) in [5.74, 6) is -1.18. The molecule has 0 radical (unpaired) electrons. The fourth-order valence-electron chi connectivity index (χ4n) is 3.74. The average molecular weight is 425 g/mol. The number of benzene rings is 4. The maximum Gasteiger partial charge on any atom is 0.174 e. The number of Topliss-reactive ketones (excluding diaryl/α,β-unsaturated/α-hetero) is 2. The Morgan fingerprint density at radius 1 is 0.645 bits per heavy atom. The van der Waals surface area contributed by atoms with E-state index < -0.39 is 5.92 Å². The van der Waals surface area contributed by atoms with Crippen molar-refractivity contribution in [3.63, 3.8) is 0 Å². The molecule has 31 heavy (non-hydrogen) atoms. The van der Waals surface area contributed by atoms with Crippen molar-refractivity contribution >= 4 is 23.2 Å². The summed E-state index contributed by atoms with van der Waals surface area (Å²) in [6.07, 6.45) is 0.294. The van der Waals surface area contributed by atoms with Gasteiger partial charge < -0.3 is 0 Å². The van der Waals surface area contributed by atoms with E-state index in [0.29, 0.717) is 22.6 Å². The topological polar surface area (TPSA) is 34.1 Å². The van der Waals surface area contributed by atoms with E-state index in [1.807, 2.05) is 78.9 Å². The lowest BCUT2D eigenvalue weighted by Gasteiger charge is -2.18. The van der Waals surface area contributed by atoms with Crippen molar-refractivity contribution in [1.82, 2.24) is 0 Å². The molecule has 0 bridgehead atoms. The number of hydrogen-bond acceptors (Lipinski definition) is 2. The summed E-state index contributed by atoms with van der Waals surface area (Å²) >= 11 is 6.29. The Kier molecular flexibility index (Phi) is 6.40. The normalized spacial score (nSPS) is 10.8. The molecule has 152 valence electrons. The first kappa shape index (κ1) is 20.8. The van der Waals surface area contributed by atoms with Crippen LogP contribution in [0.15, 0.2) is 109 Å². The lowest BCUT2D eigenvalue weighted by molar-refractivity contribution is 0.0807. The predicted molar refractivity (Wildman–Crippen MR) is 126 cm³/mol. The van der Waals surface area contributed by atoms with Crippen molar-refractivity contribution in [3.05, 3.63) is 131 Å². The first-order valence-electron chi connectivity index (χ1n) is 10.2. The van der Waals surface area contributed by atoms with Gasteiger partial charge in [-0.1, -0.05) is 109 Å². The van der Waals surface area contributed by atoms with Gasteiger partial charge in [-0.05, 0) is 35.2 Å². The van der Waals surface area contributed by atoms with Crippen LogP contribution in [0.4, 0.5) is 0 Å². The Morgan fingerprint density at radius 3 is 1.65 bits per heavy atom. The number of rotatable bonds is 7. The summed E-state index contributed by atoms with van der Waals surface area (Å²) in [5.41, 5.74) is 3.91. The van der Waals surface area contributed by atoms with E-state index in [4.69, 9.17) is 11.6 Å². The van der Waals surface area contributed by atoms with Crippen LogP contribution in [0.25, 0.3) is 11.1 Å². The molecule has 3 heteroatoms. The second-order valence-corrected chi connectivity index (χ2v) is 7.82. The molecule has 2 nitrogen and oxygen atoms in total. The smallest absolute Gasteiger partial charge is 0.174 e. The van der Waals surface area contributed by atoms with Gasteiger partial charge in [0.05, 0.1) is 5.92 Å². The van der Waals surface area contributed by atoms with Crippen molar-refractivity contribution in [2.75, 3.05) is 0 Å². The summed E-state index contributed by atoms with van der Waals surface area (Å²) in [7, 11) is 0. The molecule has 0 unspecified atom stereocenters. The highest BCUT2D eigenvalue weighted by Crippen LogP contribution is 2.30. The van der Waals surface area contributed by atoms with Gasteiger partial charge in [-0.2, -0.15) is 0 Å². The first-order chi connectivity index (χ1) is 15.1. The molecule has 0 aliphatic heterocycles. The van der Waals surface area contributed by atoms with E-state index in [1.165, 1.54) is 0 Å². The van der Waals surface area contributed by atoms with E-state index in [0.717, 1.165) is 16.7 Å². The van der Waals surface area contributed by atoms with Gasteiger partial charge in [0, 0.05) is 16.1 Å². The highest BCUT2D eigenvalue weighted by Gasteiger charge is 2.29. The second kappa shape index (κ2) is 9.55. The van der Waals surface area contributed by atoms with Crippen LogP contribution in [-0.2, 0) is 6.42 Å². The van der Waals surface area contributed by atoms with Gasteiger partial charge >= 0.3 is 0 Å². The molecule has 0 heterocycles. The quantitative estimate of drug-likeness (QED) is 0.238. The summed E-state index contributed by atoms with van der Waals surface area (Å²) < 4.78 is 0. The summed E-state index contributed by atoms with van der Waals surface area (Å²) in [6.45, 7) is 0. The second-order valence-electron chi connectivity index (χ2n) is 7.38. The summed E-state index contributed by atoms with van der Waals surface area (Å²) in [4.78, 5) is 26.9. The fourth-order valence-corrected chi connectivity index (χ4v) is 3.92. The van der Waals surface area contributed by atoms with Crippen molar-refractivity contribution in [3.8, 4) is 11.1 Å². The third kappa shape index (κ3) is 4.82. The highest BCUT2D eigenvalue weighted by atomic mass is 35.5. The van der Waals surface area contributed by atoms with Crippen molar-refractivity contribution in [2.24, 2.45) is 5.92 Å². The van der Waals surface area contributed by atoms with E-state index >= 15 is 0 Å². The highest BCUT2D eigenvalue weighted by molar-refractivity contribution is 6.31. The molecule has 4 aromatic carbocycles. The van der Waals surface area contributed by atoms with Crippen LogP contribution < -0.4 is 0 Å². The number of hydrogen-bond donors (Lipinski definition) is 0. The van der Waals surface area contributed by atoms with E-state index in [-0.39, 0.29) is 11.6 Å². The maximum atomic E-state index is 13.4. The molecule has 0 aliphatic carbocycles. The van der Waals surface area contributed by atoms with Gasteiger partial charge in [0.15, 0.2) is 11.6 Å². The molecule has 4 rings (SSSR count). The molecule has 0 atom stereocenters. The first-order valence-corrected chi connectivity index (χ1v) is 10.5. The van der Waals surface area contributed by atoms with Crippen LogP contribution in [0.5, 0.6) is 0 Å². The van der Waals surface area contributed by atoms with Crippen LogP contribution in [0.3, 0.4) is 0 Å². The number of halogens is 1. The summed E-state index contributed by atoms with van der Waals surface area (Å²) in [5, 5.41) is 0.614. The number of carbonyl (C=O) groups excluding carboxylic acids is 2. The molecule has 0 spiro atoms. The third-order valence-electron chi connectivity index (χ3n) is 5.33. The molecular formula is C28H21ClO2. The van der Waals surface area contributed by atoms with Gasteiger partial charge in [-0.25, -0.2) is 0 Å². The van der Waals surface area contributed by atoms with Gasteiger partial charge in [-0.3, -0.25) is 9.59 Å². The minimum absolute atomic E-state index is 0.177. The Bertz CT molecular complexity index is 1130. The largest absolute Gasteiger partial charge is 0.293 e. The van der Waals surface area contributed by atoms with Crippen molar-refractivity contribution < 1.29 is 9.59 Å². The minimum atomic E-state index is -0.826. The minimum Gasteiger partial charge on any atom is -0.293 e. The van der Waals surface area contributed by atoms with Crippen LogP contribution in [0.1, 0.15) is 26.3 Å². The average Bonchev–Trinajstić information content (AvgIpc) is 2.84. The predicted octanol–water partition coefficient (Wildman–Crippen LogP) is 6.93. The van der Waals surface area contributed by atoms with Gasteiger partial charge in [0.25, 0.3) is 0 Å². The SMILES string of the molecule is O=C(c1ccccc1)C(Cc1ccc(Cl)cc1-c1ccccc1)C(=O)c1ccccc1. The monoisotopic (exact) mass is 424 g/mol. The molecule has 4 aromatic rings. The Morgan fingerprint density at radius 2 is 1.13 bits per heavy atom. The number of carbonyl (C=O) groups is 2. The van der Waals surface area contributed by atoms with Gasteiger partial charge in [0.1, 0.15) is 0 Å². The molecule has 0 aliphatic rings. The molecule has 0 N–H and O–H groups in total. The zero-order valence-electron chi connectivity index (χ0n) is 16.9. The zero-order valence-corrected chi connectivity index (χ0v) is 17.6. The molecular weight excluding hydrogens is 404 g/mol. The van der Waals surface area contributed by atoms with Crippen LogP contribution in [0, 0.1) is 5.92 Å². The lowest BCUT2D eigenvalue weighted by atomic mass is 9.83. The lowest BCUT2D eigenvalue weighted by Crippen LogP contribution is -2.27. The molecule has 0 saturated heterocycles. The Hall–Kier alpha value is -3.49. The molecule has 0 fully saturated rings. The van der Waals surface area contributed by atoms with E-state index in [1.54, 1.807) is 30.3 Å². The van der Waals surface area contributed by atoms with E-state index in [9.17, 15) is 9.59 Å². The fraction of sp³-hybridized carbons (Fsp3) is 0.0714. The molecule has 0 amide bonds. The summed E-state index contributed by atoms with van der Waals surface area (Å²) in [6, 6.07) is 33.5. The Balaban J connectivity index is 1.77.